The topological polar surface area (TPSA) is 150 Å². The highest BCUT2D eigenvalue weighted by Crippen LogP contribution is 2.52. The summed E-state index contributed by atoms with van der Waals surface area (Å²) >= 11 is 0. The van der Waals surface area contributed by atoms with Crippen LogP contribution in [0.3, 0.4) is 0 Å². The van der Waals surface area contributed by atoms with Gasteiger partial charge in [0.25, 0.3) is 5.91 Å². The van der Waals surface area contributed by atoms with E-state index in [0.29, 0.717) is 24.3 Å². The van der Waals surface area contributed by atoms with Crippen molar-refractivity contribution in [2.45, 2.75) is 37.8 Å². The highest BCUT2D eigenvalue weighted by Gasteiger charge is 2.63. The van der Waals surface area contributed by atoms with Gasteiger partial charge in [0.15, 0.2) is 11.4 Å². The highest BCUT2D eigenvalue weighted by molar-refractivity contribution is 6.24. The summed E-state index contributed by atoms with van der Waals surface area (Å²) in [6.45, 7) is 2.34. The van der Waals surface area contributed by atoms with Crippen LogP contribution in [0.2, 0.25) is 0 Å². The predicted molar refractivity (Wildman–Crippen MR) is 118 cm³/mol. The summed E-state index contributed by atoms with van der Waals surface area (Å²) in [7, 11) is 3.23. The smallest absolute Gasteiger partial charge is 0.255 e. The van der Waals surface area contributed by atoms with E-state index in [0.717, 1.165) is 12.0 Å². The van der Waals surface area contributed by atoms with E-state index in [9.17, 15) is 29.7 Å². The monoisotopic (exact) mass is 456 g/mol. The van der Waals surface area contributed by atoms with Crippen LogP contribution in [0.25, 0.3) is 0 Å². The molecule has 4 atom stereocenters. The van der Waals surface area contributed by atoms with Crippen molar-refractivity contribution in [3.05, 3.63) is 52.0 Å². The number of hydrogen-bond donors (Lipinski definition) is 4. The Morgan fingerprint density at radius 3 is 2.58 bits per heavy atom. The number of nitrogens with zero attached hydrogens (tertiary/aromatic N) is 1. The number of ether oxygens (including phenoxy) is 1. The molecular weight excluding hydrogens is 428 g/mol. The molecule has 3 aliphatic rings. The SMILES string of the molecule is CCCOc1cccc2c1C(=O)C1=C(O)C3(O)C(=O)C(C(N)=O)=C(O)C(N(C)C)C3CC1C2. The van der Waals surface area contributed by atoms with Gasteiger partial charge in [0.05, 0.1) is 18.2 Å². The van der Waals surface area contributed by atoms with Gasteiger partial charge in [0.2, 0.25) is 5.78 Å². The lowest BCUT2D eigenvalue weighted by atomic mass is 9.58. The van der Waals surface area contributed by atoms with Crippen molar-refractivity contribution >= 4 is 17.5 Å². The van der Waals surface area contributed by atoms with Crippen LogP contribution < -0.4 is 10.5 Å². The van der Waals surface area contributed by atoms with Crippen LogP contribution in [0.1, 0.15) is 35.7 Å². The number of nitrogens with two attached hydrogens (primary N) is 1. The standard InChI is InChI=1S/C24H28N2O7/c1-4-8-33-14-7-5-6-11-9-12-10-13-18(26(2)3)20(28)17(23(25)31)22(30)24(13,32)21(29)16(12)19(27)15(11)14/h5-7,12-13,18,28-29,32H,4,8-10H2,1-3H3,(H2,25,31). The maximum atomic E-state index is 13.6. The Morgan fingerprint density at radius 2 is 1.97 bits per heavy atom. The van der Waals surface area contributed by atoms with Gasteiger partial charge < -0.3 is 25.8 Å². The minimum Gasteiger partial charge on any atom is -0.510 e. The van der Waals surface area contributed by atoms with Gasteiger partial charge in [-0.15, -0.1) is 0 Å². The van der Waals surface area contributed by atoms with Crippen LogP contribution in [0.4, 0.5) is 0 Å². The van der Waals surface area contributed by atoms with Crippen molar-refractivity contribution < 1.29 is 34.4 Å². The number of allylic oxidation sites excluding steroid dienone is 1. The fourth-order valence-corrected chi connectivity index (χ4v) is 5.51. The summed E-state index contributed by atoms with van der Waals surface area (Å²) in [5, 5.41) is 33.6. The summed E-state index contributed by atoms with van der Waals surface area (Å²) in [4.78, 5) is 40.4. The highest BCUT2D eigenvalue weighted by atomic mass is 16.5. The fraction of sp³-hybridized carbons (Fsp3) is 0.458. The van der Waals surface area contributed by atoms with Crippen molar-refractivity contribution in [2.24, 2.45) is 17.6 Å². The van der Waals surface area contributed by atoms with Crippen LogP contribution >= 0.6 is 0 Å². The minimum atomic E-state index is -2.57. The largest absolute Gasteiger partial charge is 0.510 e. The van der Waals surface area contributed by atoms with Crippen molar-refractivity contribution in [3.63, 3.8) is 0 Å². The maximum Gasteiger partial charge on any atom is 0.255 e. The fourth-order valence-electron chi connectivity index (χ4n) is 5.51. The zero-order chi connectivity index (χ0) is 24.2. The van der Waals surface area contributed by atoms with E-state index >= 15 is 0 Å². The molecule has 0 aliphatic heterocycles. The number of aliphatic hydroxyl groups is 3. The third kappa shape index (κ3) is 3.18. The Labute approximate surface area is 191 Å². The molecule has 0 saturated carbocycles. The zero-order valence-electron chi connectivity index (χ0n) is 18.8. The van der Waals surface area contributed by atoms with Crippen molar-refractivity contribution in [3.8, 4) is 5.75 Å². The molecule has 0 spiro atoms. The Bertz CT molecular complexity index is 1120. The Hall–Kier alpha value is -3.17. The van der Waals surface area contributed by atoms with Crippen molar-refractivity contribution in [1.29, 1.82) is 0 Å². The summed E-state index contributed by atoms with van der Waals surface area (Å²) in [5.41, 5.74) is 2.99. The molecule has 1 aromatic carbocycles. The average molecular weight is 456 g/mol. The lowest BCUT2D eigenvalue weighted by Gasteiger charge is -2.50. The van der Waals surface area contributed by atoms with E-state index < -0.39 is 58.0 Å². The first-order valence-electron chi connectivity index (χ1n) is 10.9. The van der Waals surface area contributed by atoms with Crippen molar-refractivity contribution in [1.82, 2.24) is 4.90 Å². The lowest BCUT2D eigenvalue weighted by Crippen LogP contribution is -2.63. The molecule has 0 aromatic heterocycles. The third-order valence-corrected chi connectivity index (χ3v) is 6.91. The van der Waals surface area contributed by atoms with E-state index in [2.05, 4.69) is 0 Å². The van der Waals surface area contributed by atoms with E-state index in [-0.39, 0.29) is 12.0 Å². The van der Waals surface area contributed by atoms with Crippen LogP contribution in [0.5, 0.6) is 5.75 Å². The lowest BCUT2D eigenvalue weighted by molar-refractivity contribution is -0.148. The molecule has 9 nitrogen and oxygen atoms in total. The minimum absolute atomic E-state index is 0.0649. The number of aliphatic hydroxyl groups excluding tert-OH is 2. The molecule has 0 bridgehead atoms. The van der Waals surface area contributed by atoms with E-state index in [1.807, 2.05) is 13.0 Å². The summed E-state index contributed by atoms with van der Waals surface area (Å²) < 4.78 is 5.74. The van der Waals surface area contributed by atoms with Crippen molar-refractivity contribution in [2.75, 3.05) is 20.7 Å². The maximum absolute atomic E-state index is 13.6. The molecule has 9 heteroatoms. The van der Waals surface area contributed by atoms with Gasteiger partial charge >= 0.3 is 0 Å². The van der Waals surface area contributed by atoms with E-state index in [1.54, 1.807) is 31.1 Å². The average Bonchev–Trinajstić information content (AvgIpc) is 2.74. The molecule has 0 heterocycles. The number of fused-ring (bicyclic) bond motifs is 3. The second-order valence-electron chi connectivity index (χ2n) is 9.10. The second-order valence-corrected chi connectivity index (χ2v) is 9.10. The van der Waals surface area contributed by atoms with Crippen LogP contribution in [0.15, 0.2) is 40.9 Å². The van der Waals surface area contributed by atoms with Gasteiger partial charge in [-0.3, -0.25) is 19.3 Å². The zero-order valence-corrected chi connectivity index (χ0v) is 18.8. The van der Waals surface area contributed by atoms with Gasteiger partial charge in [-0.1, -0.05) is 19.1 Å². The molecule has 4 unspecified atom stereocenters. The summed E-state index contributed by atoms with van der Waals surface area (Å²) in [6.07, 6.45) is 1.26. The molecular formula is C24H28N2O7. The molecule has 1 amide bonds. The summed E-state index contributed by atoms with van der Waals surface area (Å²) in [5.74, 6) is -5.37. The number of likely N-dealkylation sites (N-methyl/N-ethyl adjacent to an activating group) is 1. The number of amides is 1. The number of Topliss-reactive ketones (excluding diaryl/α,β-unsaturated/α-hetero) is 2. The number of carbonyl (C=O) groups is 3. The molecule has 0 radical (unpaired) electrons. The Balaban J connectivity index is 1.91. The van der Waals surface area contributed by atoms with Crippen LogP contribution in [0, 0.1) is 11.8 Å². The normalized spacial score (nSPS) is 29.1. The quantitative estimate of drug-likeness (QED) is 0.483. The first-order chi connectivity index (χ1) is 15.5. The Kier molecular flexibility index (Phi) is 5.58. The first kappa shape index (κ1) is 23.0. The summed E-state index contributed by atoms with van der Waals surface area (Å²) in [6, 6.07) is 4.32. The molecule has 4 rings (SSSR count). The van der Waals surface area contributed by atoms with Gasteiger partial charge in [-0.05, 0) is 50.9 Å². The molecule has 0 fully saturated rings. The molecule has 176 valence electrons. The van der Waals surface area contributed by atoms with Crippen LogP contribution in [-0.4, -0.2) is 70.0 Å². The van der Waals surface area contributed by atoms with Gasteiger partial charge in [-0.25, -0.2) is 0 Å². The molecule has 1 aromatic rings. The van der Waals surface area contributed by atoms with E-state index in [4.69, 9.17) is 10.5 Å². The number of hydrogen-bond acceptors (Lipinski definition) is 8. The van der Waals surface area contributed by atoms with Gasteiger partial charge in [0, 0.05) is 11.5 Å². The molecule has 3 aliphatic carbocycles. The molecule has 0 saturated heterocycles. The number of primary amides is 1. The van der Waals surface area contributed by atoms with Gasteiger partial charge in [0.1, 0.15) is 22.8 Å². The predicted octanol–water partition coefficient (Wildman–Crippen LogP) is 1.20. The van der Waals surface area contributed by atoms with E-state index in [1.165, 1.54) is 0 Å². The molecule has 33 heavy (non-hydrogen) atoms. The van der Waals surface area contributed by atoms with Crippen LogP contribution in [-0.2, 0) is 16.0 Å². The molecule has 5 N–H and O–H groups in total. The number of benzene rings is 1. The number of carbonyl (C=O) groups excluding carboxylic acids is 3. The Morgan fingerprint density at radius 1 is 1.27 bits per heavy atom. The number of rotatable bonds is 5. The second kappa shape index (κ2) is 8.00. The number of ketones is 2. The third-order valence-electron chi connectivity index (χ3n) is 6.91. The van der Waals surface area contributed by atoms with Gasteiger partial charge in [-0.2, -0.15) is 0 Å². The first-order valence-corrected chi connectivity index (χ1v) is 10.9.